The molecule has 0 aliphatic carbocycles. The molecule has 2 amide bonds. The molecule has 2 fully saturated rings. The van der Waals surface area contributed by atoms with E-state index in [1.807, 2.05) is 30.3 Å². The highest BCUT2D eigenvalue weighted by atomic mass is 16.5. The number of nitrogens with zero attached hydrogens (tertiary/aromatic N) is 2. The zero-order chi connectivity index (χ0) is 23.3. The molecule has 0 radical (unpaired) electrons. The van der Waals surface area contributed by atoms with Crippen molar-refractivity contribution in [1.29, 1.82) is 0 Å². The van der Waals surface area contributed by atoms with E-state index in [0.717, 1.165) is 5.56 Å². The average Bonchev–Trinajstić information content (AvgIpc) is 3.41. The van der Waals surface area contributed by atoms with Crippen molar-refractivity contribution in [1.82, 2.24) is 9.80 Å². The zero-order valence-electron chi connectivity index (χ0n) is 18.2. The van der Waals surface area contributed by atoms with Gasteiger partial charge in [0.15, 0.2) is 0 Å². The number of hydrogen-bond donors (Lipinski definition) is 2. The number of ether oxygens (including phenoxy) is 1. The van der Waals surface area contributed by atoms with Gasteiger partial charge in [-0.05, 0) is 19.4 Å². The number of benzene rings is 1. The standard InChI is InChI=1S/C24H28N2O6/c1-4-12-25(13-15-8-6-5-7-9-15)21(29)19-24-11-10-16(32-24)17(22(30)31)18(24)20(28)26(19)23(2,3)14-27/h4-11,16-19,27H,1,12-14H2,2-3H3,(H,30,31). The monoisotopic (exact) mass is 440 g/mol. The fraction of sp³-hybridized carbons (Fsp3) is 0.458. The minimum Gasteiger partial charge on any atom is -0.481 e. The molecule has 1 aromatic rings. The van der Waals surface area contributed by atoms with Gasteiger partial charge in [-0.15, -0.1) is 6.58 Å². The van der Waals surface area contributed by atoms with E-state index in [-0.39, 0.29) is 12.5 Å². The van der Waals surface area contributed by atoms with Gasteiger partial charge in [0, 0.05) is 13.1 Å². The van der Waals surface area contributed by atoms with Crippen LogP contribution < -0.4 is 0 Å². The summed E-state index contributed by atoms with van der Waals surface area (Å²) in [6.45, 7) is 7.21. The second-order valence-electron chi connectivity index (χ2n) is 9.21. The summed E-state index contributed by atoms with van der Waals surface area (Å²) in [5.74, 6) is -4.11. The number of amides is 2. The normalized spacial score (nSPS) is 30.5. The van der Waals surface area contributed by atoms with Crippen LogP contribution in [0.5, 0.6) is 0 Å². The predicted molar refractivity (Wildman–Crippen MR) is 115 cm³/mol. The highest BCUT2D eigenvalue weighted by Gasteiger charge is 2.74. The van der Waals surface area contributed by atoms with Crippen LogP contribution in [0.2, 0.25) is 0 Å². The lowest BCUT2D eigenvalue weighted by atomic mass is 9.74. The van der Waals surface area contributed by atoms with Crippen LogP contribution >= 0.6 is 0 Å². The van der Waals surface area contributed by atoms with Crippen molar-refractivity contribution in [2.45, 2.75) is 43.7 Å². The van der Waals surface area contributed by atoms with Crippen molar-refractivity contribution in [3.05, 3.63) is 60.7 Å². The molecular weight excluding hydrogens is 412 g/mol. The number of aliphatic carboxylic acids is 1. The number of carbonyl (C=O) groups is 3. The van der Waals surface area contributed by atoms with Gasteiger partial charge in [-0.1, -0.05) is 48.6 Å². The van der Waals surface area contributed by atoms with Crippen LogP contribution in [0.25, 0.3) is 0 Å². The molecule has 0 saturated carbocycles. The van der Waals surface area contributed by atoms with Gasteiger partial charge in [0.2, 0.25) is 11.8 Å². The third-order valence-corrected chi connectivity index (χ3v) is 6.71. The molecule has 32 heavy (non-hydrogen) atoms. The smallest absolute Gasteiger partial charge is 0.310 e. The van der Waals surface area contributed by atoms with Crippen molar-refractivity contribution in [3.63, 3.8) is 0 Å². The predicted octanol–water partition coefficient (Wildman–Crippen LogP) is 1.21. The second kappa shape index (κ2) is 7.86. The van der Waals surface area contributed by atoms with E-state index >= 15 is 0 Å². The Balaban J connectivity index is 1.79. The zero-order valence-corrected chi connectivity index (χ0v) is 18.2. The summed E-state index contributed by atoms with van der Waals surface area (Å²) < 4.78 is 6.10. The minimum absolute atomic E-state index is 0.238. The summed E-state index contributed by atoms with van der Waals surface area (Å²) in [5, 5.41) is 19.9. The Labute approximate surface area is 186 Å². The van der Waals surface area contributed by atoms with Gasteiger partial charge < -0.3 is 24.7 Å². The summed E-state index contributed by atoms with van der Waals surface area (Å²) in [7, 11) is 0. The Kier molecular flexibility index (Phi) is 5.46. The minimum atomic E-state index is -1.38. The molecule has 5 atom stereocenters. The maximum Gasteiger partial charge on any atom is 0.310 e. The van der Waals surface area contributed by atoms with Gasteiger partial charge in [-0.3, -0.25) is 14.4 Å². The van der Waals surface area contributed by atoms with Crippen LogP contribution in [0.4, 0.5) is 0 Å². The van der Waals surface area contributed by atoms with Crippen LogP contribution in [0.3, 0.4) is 0 Å². The van der Waals surface area contributed by atoms with Gasteiger partial charge in [0.25, 0.3) is 0 Å². The van der Waals surface area contributed by atoms with Gasteiger partial charge in [0.1, 0.15) is 17.6 Å². The molecule has 8 nitrogen and oxygen atoms in total. The number of hydrogen-bond acceptors (Lipinski definition) is 5. The SMILES string of the molecule is C=CCN(Cc1ccccc1)C(=O)C1N(C(C)(C)CO)C(=O)C2C(C(=O)O)C3C=CC21O3. The number of carboxylic acid groups (broad SMARTS) is 1. The molecule has 3 heterocycles. The number of likely N-dealkylation sites (tertiary alicyclic amines) is 1. The number of carboxylic acids is 1. The molecule has 2 N–H and O–H groups in total. The summed E-state index contributed by atoms with van der Waals surface area (Å²) in [6.07, 6.45) is 4.15. The lowest BCUT2D eigenvalue weighted by molar-refractivity contribution is -0.156. The topological polar surface area (TPSA) is 107 Å². The number of aliphatic hydroxyl groups is 1. The van der Waals surface area contributed by atoms with E-state index < -0.39 is 53.6 Å². The average molecular weight is 440 g/mol. The molecule has 1 spiro atoms. The first-order valence-electron chi connectivity index (χ1n) is 10.7. The van der Waals surface area contributed by atoms with E-state index in [1.54, 1.807) is 37.0 Å². The largest absolute Gasteiger partial charge is 0.481 e. The van der Waals surface area contributed by atoms with E-state index in [2.05, 4.69) is 6.58 Å². The van der Waals surface area contributed by atoms with Crippen LogP contribution in [0, 0.1) is 11.8 Å². The summed E-state index contributed by atoms with van der Waals surface area (Å²) in [4.78, 5) is 42.5. The van der Waals surface area contributed by atoms with Crippen molar-refractivity contribution in [2.24, 2.45) is 11.8 Å². The Morgan fingerprint density at radius 1 is 1.31 bits per heavy atom. The maximum absolute atomic E-state index is 14.0. The van der Waals surface area contributed by atoms with E-state index in [4.69, 9.17) is 4.74 Å². The molecule has 5 unspecified atom stereocenters. The van der Waals surface area contributed by atoms with E-state index in [9.17, 15) is 24.6 Å². The fourth-order valence-corrected chi connectivity index (χ4v) is 5.23. The third-order valence-electron chi connectivity index (χ3n) is 6.71. The molecule has 3 aliphatic rings. The van der Waals surface area contributed by atoms with Crippen LogP contribution in [-0.2, 0) is 25.7 Å². The molecule has 0 aromatic heterocycles. The van der Waals surface area contributed by atoms with Crippen molar-refractivity contribution in [2.75, 3.05) is 13.2 Å². The van der Waals surface area contributed by atoms with Gasteiger partial charge in [0.05, 0.1) is 24.2 Å². The van der Waals surface area contributed by atoms with Crippen LogP contribution in [0.1, 0.15) is 19.4 Å². The highest BCUT2D eigenvalue weighted by Crippen LogP contribution is 2.56. The van der Waals surface area contributed by atoms with Crippen molar-refractivity contribution in [3.8, 4) is 0 Å². The summed E-state index contributed by atoms with van der Waals surface area (Å²) in [6, 6.07) is 8.34. The molecule has 1 aromatic carbocycles. The van der Waals surface area contributed by atoms with Gasteiger partial charge >= 0.3 is 5.97 Å². The molecule has 3 aliphatic heterocycles. The Morgan fingerprint density at radius 2 is 2.00 bits per heavy atom. The first-order chi connectivity index (χ1) is 15.2. The Bertz CT molecular complexity index is 974. The lowest BCUT2D eigenvalue weighted by Crippen LogP contribution is -2.61. The quantitative estimate of drug-likeness (QED) is 0.589. The molecule has 2 saturated heterocycles. The second-order valence-corrected chi connectivity index (χ2v) is 9.21. The molecule has 8 heteroatoms. The Morgan fingerprint density at radius 3 is 2.59 bits per heavy atom. The van der Waals surface area contributed by atoms with E-state index in [0.29, 0.717) is 6.54 Å². The molecule has 4 rings (SSSR count). The fourth-order valence-electron chi connectivity index (χ4n) is 5.23. The number of fused-ring (bicyclic) bond motifs is 1. The lowest BCUT2D eigenvalue weighted by Gasteiger charge is -2.42. The highest BCUT2D eigenvalue weighted by molar-refractivity contribution is 5.99. The molecular formula is C24H28N2O6. The van der Waals surface area contributed by atoms with Crippen LogP contribution in [-0.4, -0.2) is 74.2 Å². The molecule has 2 bridgehead atoms. The first-order valence-corrected chi connectivity index (χ1v) is 10.7. The first kappa shape index (κ1) is 22.2. The Hall–Kier alpha value is -2.97. The number of carbonyl (C=O) groups excluding carboxylic acids is 2. The van der Waals surface area contributed by atoms with E-state index in [1.165, 1.54) is 4.90 Å². The number of rotatable bonds is 8. The summed E-state index contributed by atoms with van der Waals surface area (Å²) in [5.41, 5.74) is -1.57. The number of aliphatic hydroxyl groups excluding tert-OH is 1. The van der Waals surface area contributed by atoms with Crippen molar-refractivity contribution >= 4 is 17.8 Å². The van der Waals surface area contributed by atoms with Gasteiger partial charge in [-0.2, -0.15) is 0 Å². The summed E-state index contributed by atoms with van der Waals surface area (Å²) >= 11 is 0. The molecule has 170 valence electrons. The maximum atomic E-state index is 14.0. The van der Waals surface area contributed by atoms with Crippen LogP contribution in [0.15, 0.2) is 55.1 Å². The van der Waals surface area contributed by atoms with Crippen molar-refractivity contribution < 1.29 is 29.3 Å². The third kappa shape index (κ3) is 3.17. The van der Waals surface area contributed by atoms with Gasteiger partial charge in [-0.25, -0.2) is 0 Å².